The third-order valence-electron chi connectivity index (χ3n) is 3.81. The van der Waals surface area contributed by atoms with E-state index in [0.29, 0.717) is 11.0 Å². The number of rotatable bonds is 5. The van der Waals surface area contributed by atoms with Gasteiger partial charge in [-0.2, -0.15) is 13.2 Å². The summed E-state index contributed by atoms with van der Waals surface area (Å²) in [5, 5.41) is 0. The number of halogens is 3. The fourth-order valence-electron chi connectivity index (χ4n) is 2.46. The summed E-state index contributed by atoms with van der Waals surface area (Å²) in [5.74, 6) is -1.37. The van der Waals surface area contributed by atoms with Crippen molar-refractivity contribution in [3.63, 3.8) is 0 Å². The van der Waals surface area contributed by atoms with Crippen molar-refractivity contribution in [3.8, 4) is 0 Å². The highest BCUT2D eigenvalue weighted by atomic mass is 19.4. The lowest BCUT2D eigenvalue weighted by Gasteiger charge is -2.06. The van der Waals surface area contributed by atoms with Gasteiger partial charge in [-0.1, -0.05) is 12.1 Å². The Bertz CT molecular complexity index is 1130. The molecule has 144 valence electrons. The van der Waals surface area contributed by atoms with E-state index in [2.05, 4.69) is 9.97 Å². The molecule has 9 heteroatoms. The molecule has 0 unspecified atom stereocenters. The van der Waals surface area contributed by atoms with Crippen LogP contribution in [0.5, 0.6) is 0 Å². The Balaban J connectivity index is 1.61. The lowest BCUT2D eigenvalue weighted by atomic mass is 10.1. The smallest absolute Gasteiger partial charge is 0.416 e. The molecule has 0 amide bonds. The summed E-state index contributed by atoms with van der Waals surface area (Å²) in [6, 6.07) is 8.89. The molecule has 0 atom stereocenters. The molecule has 0 saturated carbocycles. The van der Waals surface area contributed by atoms with E-state index < -0.39 is 35.8 Å². The standard InChI is InChI=1S/C19H13F3N2O4/c20-19(21,22)13-3-1-2-11(8-13)4-7-17(26)28-10-16(25)12-5-6-14-15(9-12)24-18(27)23-14/h1-9H,10H2,(H2,23,24,27)/b7-4+. The molecule has 0 aliphatic carbocycles. The predicted octanol–water partition coefficient (Wildman–Crippen LogP) is 3.31. The minimum atomic E-state index is -4.48. The minimum Gasteiger partial charge on any atom is -0.454 e. The molecule has 0 spiro atoms. The zero-order chi connectivity index (χ0) is 20.3. The Labute approximate surface area is 155 Å². The molecule has 6 nitrogen and oxygen atoms in total. The van der Waals surface area contributed by atoms with Crippen molar-refractivity contribution in [2.75, 3.05) is 6.61 Å². The van der Waals surface area contributed by atoms with E-state index in [1.54, 1.807) is 0 Å². The monoisotopic (exact) mass is 390 g/mol. The summed E-state index contributed by atoms with van der Waals surface area (Å²) < 4.78 is 42.8. The van der Waals surface area contributed by atoms with Crippen molar-refractivity contribution in [1.29, 1.82) is 0 Å². The van der Waals surface area contributed by atoms with Crippen molar-refractivity contribution in [3.05, 3.63) is 75.7 Å². The fourth-order valence-corrected chi connectivity index (χ4v) is 2.46. The van der Waals surface area contributed by atoms with Gasteiger partial charge >= 0.3 is 17.8 Å². The van der Waals surface area contributed by atoms with Crippen LogP contribution in [0, 0.1) is 0 Å². The summed E-state index contributed by atoms with van der Waals surface area (Å²) in [5.41, 5.74) is 0.119. The highest BCUT2D eigenvalue weighted by molar-refractivity contribution is 6.01. The zero-order valence-corrected chi connectivity index (χ0v) is 14.2. The Hall–Kier alpha value is -3.62. The van der Waals surface area contributed by atoms with Gasteiger partial charge in [0.15, 0.2) is 12.4 Å². The fraction of sp³-hybridized carbons (Fsp3) is 0.105. The van der Waals surface area contributed by atoms with E-state index in [1.807, 2.05) is 0 Å². The number of hydrogen-bond donors (Lipinski definition) is 2. The first-order valence-corrected chi connectivity index (χ1v) is 8.00. The summed E-state index contributed by atoms with van der Waals surface area (Å²) in [4.78, 5) is 40.1. The van der Waals surface area contributed by atoms with Crippen LogP contribution in [0.4, 0.5) is 13.2 Å². The number of ether oxygens (including phenoxy) is 1. The normalized spacial score (nSPS) is 11.8. The van der Waals surface area contributed by atoms with Gasteiger partial charge in [0, 0.05) is 11.6 Å². The maximum atomic E-state index is 12.7. The van der Waals surface area contributed by atoms with E-state index in [1.165, 1.54) is 36.4 Å². The van der Waals surface area contributed by atoms with Crippen molar-refractivity contribution in [2.24, 2.45) is 0 Å². The third kappa shape index (κ3) is 4.56. The second-order valence-electron chi connectivity index (χ2n) is 5.83. The molecule has 28 heavy (non-hydrogen) atoms. The number of carbonyl (C=O) groups excluding carboxylic acids is 2. The van der Waals surface area contributed by atoms with E-state index in [-0.39, 0.29) is 11.1 Å². The Morgan fingerprint density at radius 1 is 1.04 bits per heavy atom. The third-order valence-corrected chi connectivity index (χ3v) is 3.81. The molecule has 1 heterocycles. The SMILES string of the molecule is O=C(/C=C/c1cccc(C(F)(F)F)c1)OCC(=O)c1ccc2[nH]c(=O)[nH]c2c1. The summed E-state index contributed by atoms with van der Waals surface area (Å²) in [7, 11) is 0. The molecule has 0 saturated heterocycles. The first kappa shape index (κ1) is 19.2. The van der Waals surface area contributed by atoms with E-state index in [4.69, 9.17) is 4.74 Å². The average molecular weight is 390 g/mol. The molecule has 2 aromatic carbocycles. The van der Waals surface area contributed by atoms with Crippen LogP contribution in [-0.4, -0.2) is 28.3 Å². The molecule has 0 aliphatic rings. The van der Waals surface area contributed by atoms with Gasteiger partial charge in [-0.3, -0.25) is 4.79 Å². The van der Waals surface area contributed by atoms with Crippen LogP contribution in [-0.2, 0) is 15.7 Å². The number of benzene rings is 2. The number of carbonyl (C=O) groups is 2. The first-order valence-electron chi connectivity index (χ1n) is 8.00. The van der Waals surface area contributed by atoms with E-state index in [9.17, 15) is 27.6 Å². The van der Waals surface area contributed by atoms with Gasteiger partial charge in [-0.25, -0.2) is 9.59 Å². The second kappa shape index (κ2) is 7.55. The number of imidazole rings is 1. The number of alkyl halides is 3. The van der Waals surface area contributed by atoms with Crippen LogP contribution in [0.2, 0.25) is 0 Å². The van der Waals surface area contributed by atoms with Crippen molar-refractivity contribution in [1.82, 2.24) is 9.97 Å². The van der Waals surface area contributed by atoms with Gasteiger partial charge in [0.1, 0.15) is 0 Å². The van der Waals surface area contributed by atoms with Gasteiger partial charge in [0.2, 0.25) is 0 Å². The van der Waals surface area contributed by atoms with Crippen molar-refractivity contribution in [2.45, 2.75) is 6.18 Å². The lowest BCUT2D eigenvalue weighted by Crippen LogP contribution is -2.12. The molecule has 3 aromatic rings. The van der Waals surface area contributed by atoms with Gasteiger partial charge < -0.3 is 14.7 Å². The number of aromatic nitrogens is 2. The van der Waals surface area contributed by atoms with E-state index in [0.717, 1.165) is 18.2 Å². The number of aromatic amines is 2. The summed E-state index contributed by atoms with van der Waals surface area (Å²) in [6.45, 7) is -0.550. The maximum absolute atomic E-state index is 12.7. The number of H-pyrrole nitrogens is 2. The lowest BCUT2D eigenvalue weighted by molar-refractivity contribution is -0.138. The number of fused-ring (bicyclic) bond motifs is 1. The molecule has 0 bridgehead atoms. The summed E-state index contributed by atoms with van der Waals surface area (Å²) >= 11 is 0. The zero-order valence-electron chi connectivity index (χ0n) is 14.2. The molecule has 2 N–H and O–H groups in total. The van der Waals surface area contributed by atoms with Gasteiger partial charge in [0.25, 0.3) is 0 Å². The van der Waals surface area contributed by atoms with Gasteiger partial charge in [-0.05, 0) is 42.0 Å². The van der Waals surface area contributed by atoms with Crippen LogP contribution >= 0.6 is 0 Å². The average Bonchev–Trinajstić information content (AvgIpc) is 3.03. The Morgan fingerprint density at radius 2 is 1.79 bits per heavy atom. The van der Waals surface area contributed by atoms with Crippen LogP contribution in [0.3, 0.4) is 0 Å². The number of ketones is 1. The highest BCUT2D eigenvalue weighted by Gasteiger charge is 2.30. The molecule has 3 rings (SSSR count). The summed E-state index contributed by atoms with van der Waals surface area (Å²) in [6.07, 6.45) is -2.38. The number of hydrogen-bond acceptors (Lipinski definition) is 4. The van der Waals surface area contributed by atoms with Crippen LogP contribution in [0.15, 0.2) is 53.3 Å². The number of esters is 1. The molecular weight excluding hydrogens is 377 g/mol. The molecule has 1 aromatic heterocycles. The van der Waals surface area contributed by atoms with Gasteiger partial charge in [-0.15, -0.1) is 0 Å². The van der Waals surface area contributed by atoms with Crippen LogP contribution in [0.25, 0.3) is 17.1 Å². The molecule has 0 aliphatic heterocycles. The van der Waals surface area contributed by atoms with Crippen molar-refractivity contribution < 1.29 is 27.5 Å². The highest BCUT2D eigenvalue weighted by Crippen LogP contribution is 2.29. The maximum Gasteiger partial charge on any atom is 0.416 e. The number of nitrogens with one attached hydrogen (secondary N) is 2. The predicted molar refractivity (Wildman–Crippen MR) is 94.7 cm³/mol. The number of Topliss-reactive ketones (excluding diaryl/α,β-unsaturated/α-hetero) is 1. The Kier molecular flexibility index (Phi) is 5.16. The van der Waals surface area contributed by atoms with E-state index >= 15 is 0 Å². The van der Waals surface area contributed by atoms with Crippen LogP contribution in [0.1, 0.15) is 21.5 Å². The second-order valence-corrected chi connectivity index (χ2v) is 5.83. The molecule has 0 fully saturated rings. The van der Waals surface area contributed by atoms with Gasteiger partial charge in [0.05, 0.1) is 16.6 Å². The minimum absolute atomic E-state index is 0.167. The van der Waals surface area contributed by atoms with Crippen molar-refractivity contribution >= 4 is 28.9 Å². The topological polar surface area (TPSA) is 92.0 Å². The van der Waals surface area contributed by atoms with Crippen LogP contribution < -0.4 is 5.69 Å². The Morgan fingerprint density at radius 3 is 2.54 bits per heavy atom. The first-order chi connectivity index (χ1) is 13.2. The molecule has 0 radical (unpaired) electrons. The largest absolute Gasteiger partial charge is 0.454 e. The molecular formula is C19H13F3N2O4. The quantitative estimate of drug-likeness (QED) is 0.397.